The molecule has 0 unspecified atom stereocenters. The molecule has 0 aliphatic heterocycles. The van der Waals surface area contributed by atoms with Gasteiger partial charge in [-0.05, 0) is 22.0 Å². The van der Waals surface area contributed by atoms with Crippen LogP contribution in [-0.2, 0) is 0 Å². The number of benzene rings is 1. The first-order chi connectivity index (χ1) is 7.16. The van der Waals surface area contributed by atoms with Gasteiger partial charge in [0.25, 0.3) is 6.43 Å². The highest BCUT2D eigenvalue weighted by atomic mass is 79.9. The van der Waals surface area contributed by atoms with Crippen molar-refractivity contribution < 1.29 is 17.9 Å². The van der Waals surface area contributed by atoms with Crippen LogP contribution in [0.5, 0.6) is 5.75 Å². The zero-order chi connectivity index (χ0) is 10.8. The molecule has 1 aromatic carbocycles. The summed E-state index contributed by atoms with van der Waals surface area (Å²) in [7, 11) is 0. The van der Waals surface area contributed by atoms with Crippen LogP contribution in [0.4, 0.5) is 8.78 Å². The number of hydrogen-bond acceptors (Lipinski definition) is 3. The number of halogens is 3. The van der Waals surface area contributed by atoms with Crippen LogP contribution in [-0.4, -0.2) is 18.0 Å². The van der Waals surface area contributed by atoms with Gasteiger partial charge in [-0.2, -0.15) is 0 Å². The molecule has 0 saturated heterocycles. The van der Waals surface area contributed by atoms with Crippen LogP contribution in [0.3, 0.4) is 0 Å². The summed E-state index contributed by atoms with van der Waals surface area (Å²) in [6.07, 6.45) is -1.21. The topological polar surface area (TPSA) is 35.3 Å². The zero-order valence-corrected chi connectivity index (χ0v) is 9.00. The van der Waals surface area contributed by atoms with Crippen LogP contribution in [0, 0.1) is 0 Å². The Bertz CT molecular complexity index is 472. The average molecular weight is 278 g/mol. The predicted molar refractivity (Wildman–Crippen MR) is 53.2 cm³/mol. The van der Waals surface area contributed by atoms with E-state index >= 15 is 0 Å². The lowest BCUT2D eigenvalue weighted by Gasteiger charge is -2.05. The van der Waals surface area contributed by atoms with Crippen LogP contribution >= 0.6 is 15.9 Å². The first kappa shape index (κ1) is 10.4. The normalized spacial score (nSPS) is 11.2. The molecule has 80 valence electrons. The molecule has 0 atom stereocenters. The Morgan fingerprint density at radius 3 is 3.00 bits per heavy atom. The highest BCUT2D eigenvalue weighted by molar-refractivity contribution is 9.10. The Hall–Kier alpha value is -1.17. The standard InChI is InChI=1S/C9H6BrF2NO2/c10-6-1-5(14-3-8(11)12)2-7-9(6)15-4-13-7/h1-2,4,8H,3H2. The van der Waals surface area contributed by atoms with E-state index in [-0.39, 0.29) is 0 Å². The summed E-state index contributed by atoms with van der Waals surface area (Å²) in [5.74, 6) is 0.337. The lowest BCUT2D eigenvalue weighted by atomic mass is 10.3. The summed E-state index contributed by atoms with van der Waals surface area (Å²) in [6, 6.07) is 3.11. The third-order valence-corrected chi connectivity index (χ3v) is 2.32. The summed E-state index contributed by atoms with van der Waals surface area (Å²) in [4.78, 5) is 3.90. The van der Waals surface area contributed by atoms with E-state index in [1.165, 1.54) is 6.39 Å². The van der Waals surface area contributed by atoms with Gasteiger partial charge in [-0.3, -0.25) is 0 Å². The molecule has 1 heterocycles. The lowest BCUT2D eigenvalue weighted by Crippen LogP contribution is -2.06. The molecule has 0 aliphatic rings. The van der Waals surface area contributed by atoms with Gasteiger partial charge in [0, 0.05) is 6.07 Å². The number of rotatable bonds is 3. The maximum Gasteiger partial charge on any atom is 0.272 e. The molecule has 0 amide bonds. The van der Waals surface area contributed by atoms with Crippen molar-refractivity contribution in [1.82, 2.24) is 4.98 Å². The Kier molecular flexibility index (Phi) is 2.86. The van der Waals surface area contributed by atoms with E-state index in [4.69, 9.17) is 9.15 Å². The van der Waals surface area contributed by atoms with E-state index in [2.05, 4.69) is 20.9 Å². The third kappa shape index (κ3) is 2.26. The van der Waals surface area contributed by atoms with Gasteiger partial charge in [-0.25, -0.2) is 13.8 Å². The maximum atomic E-state index is 11.9. The van der Waals surface area contributed by atoms with Gasteiger partial charge < -0.3 is 9.15 Å². The first-order valence-electron chi connectivity index (χ1n) is 4.10. The van der Waals surface area contributed by atoms with Crippen LogP contribution in [0.1, 0.15) is 0 Å². The number of nitrogens with zero attached hydrogens (tertiary/aromatic N) is 1. The van der Waals surface area contributed by atoms with Crippen molar-refractivity contribution in [3.05, 3.63) is 23.0 Å². The number of fused-ring (bicyclic) bond motifs is 1. The van der Waals surface area contributed by atoms with Crippen molar-refractivity contribution in [2.24, 2.45) is 0 Å². The number of alkyl halides is 2. The molecule has 2 aromatic rings. The van der Waals surface area contributed by atoms with Gasteiger partial charge in [0.2, 0.25) is 0 Å². The summed E-state index contributed by atoms with van der Waals surface area (Å²) in [5, 5.41) is 0. The van der Waals surface area contributed by atoms with Crippen molar-refractivity contribution in [3.63, 3.8) is 0 Å². The molecular weight excluding hydrogens is 272 g/mol. The van der Waals surface area contributed by atoms with E-state index in [1.807, 2.05) is 0 Å². The Morgan fingerprint density at radius 2 is 2.27 bits per heavy atom. The molecular formula is C9H6BrF2NO2. The van der Waals surface area contributed by atoms with E-state index in [9.17, 15) is 8.78 Å². The van der Waals surface area contributed by atoms with Gasteiger partial charge in [-0.1, -0.05) is 0 Å². The second-order valence-electron chi connectivity index (χ2n) is 2.81. The van der Waals surface area contributed by atoms with Crippen molar-refractivity contribution in [2.45, 2.75) is 6.43 Å². The monoisotopic (exact) mass is 277 g/mol. The minimum Gasteiger partial charge on any atom is -0.488 e. The van der Waals surface area contributed by atoms with E-state index in [0.29, 0.717) is 21.3 Å². The van der Waals surface area contributed by atoms with E-state index < -0.39 is 13.0 Å². The van der Waals surface area contributed by atoms with Gasteiger partial charge in [0.15, 0.2) is 12.0 Å². The molecule has 0 saturated carbocycles. The van der Waals surface area contributed by atoms with Crippen molar-refractivity contribution in [1.29, 1.82) is 0 Å². The third-order valence-electron chi connectivity index (χ3n) is 1.74. The van der Waals surface area contributed by atoms with Gasteiger partial charge in [-0.15, -0.1) is 0 Å². The Balaban J connectivity index is 2.28. The molecule has 0 spiro atoms. The van der Waals surface area contributed by atoms with Crippen molar-refractivity contribution in [2.75, 3.05) is 6.61 Å². The second kappa shape index (κ2) is 4.14. The largest absolute Gasteiger partial charge is 0.488 e. The lowest BCUT2D eigenvalue weighted by molar-refractivity contribution is 0.0819. The number of oxazole rings is 1. The number of aromatic nitrogens is 1. The highest BCUT2D eigenvalue weighted by Crippen LogP contribution is 2.28. The molecule has 2 rings (SSSR count). The van der Waals surface area contributed by atoms with Crippen LogP contribution in [0.15, 0.2) is 27.4 Å². The van der Waals surface area contributed by atoms with Gasteiger partial charge in [0.05, 0.1) is 4.47 Å². The molecule has 0 N–H and O–H groups in total. The molecule has 0 fully saturated rings. The summed E-state index contributed by atoms with van der Waals surface area (Å²) < 4.78 is 34.4. The van der Waals surface area contributed by atoms with Crippen LogP contribution in [0.2, 0.25) is 0 Å². The molecule has 6 heteroatoms. The van der Waals surface area contributed by atoms with Crippen molar-refractivity contribution >= 4 is 27.0 Å². The van der Waals surface area contributed by atoms with Gasteiger partial charge >= 0.3 is 0 Å². The SMILES string of the molecule is FC(F)COc1cc(Br)c2ocnc2c1. The minimum atomic E-state index is -2.49. The molecule has 0 aliphatic carbocycles. The average Bonchev–Trinajstić information content (AvgIpc) is 2.63. The predicted octanol–water partition coefficient (Wildman–Crippen LogP) is 3.23. The quantitative estimate of drug-likeness (QED) is 0.864. The smallest absolute Gasteiger partial charge is 0.272 e. The van der Waals surface area contributed by atoms with E-state index in [1.54, 1.807) is 12.1 Å². The molecule has 0 radical (unpaired) electrons. The van der Waals surface area contributed by atoms with Crippen molar-refractivity contribution in [3.8, 4) is 5.75 Å². The summed E-state index contributed by atoms with van der Waals surface area (Å²) in [6.45, 7) is -0.629. The van der Waals surface area contributed by atoms with Crippen LogP contribution in [0.25, 0.3) is 11.1 Å². The van der Waals surface area contributed by atoms with E-state index in [0.717, 1.165) is 0 Å². The van der Waals surface area contributed by atoms with Gasteiger partial charge in [0.1, 0.15) is 17.9 Å². The zero-order valence-electron chi connectivity index (χ0n) is 7.41. The van der Waals surface area contributed by atoms with Crippen LogP contribution < -0.4 is 4.74 Å². The second-order valence-corrected chi connectivity index (χ2v) is 3.66. The Morgan fingerprint density at radius 1 is 1.47 bits per heavy atom. The fourth-order valence-electron chi connectivity index (χ4n) is 1.15. The number of hydrogen-bond donors (Lipinski definition) is 0. The summed E-state index contributed by atoms with van der Waals surface area (Å²) in [5.41, 5.74) is 1.13. The molecule has 3 nitrogen and oxygen atoms in total. The molecule has 0 bridgehead atoms. The summed E-state index contributed by atoms with van der Waals surface area (Å²) >= 11 is 3.23. The minimum absolute atomic E-state index is 0.337. The highest BCUT2D eigenvalue weighted by Gasteiger charge is 2.09. The molecule has 15 heavy (non-hydrogen) atoms. The number of ether oxygens (including phenoxy) is 1. The molecule has 1 aromatic heterocycles. The maximum absolute atomic E-state index is 11.9. The fourth-order valence-corrected chi connectivity index (χ4v) is 1.67. The Labute approximate surface area is 92.2 Å². The first-order valence-corrected chi connectivity index (χ1v) is 4.90. The fraction of sp³-hybridized carbons (Fsp3) is 0.222.